The Kier molecular flexibility index (Phi) is 6.14. The Labute approximate surface area is 151 Å². The van der Waals surface area contributed by atoms with Crippen LogP contribution in [0.2, 0.25) is 0 Å². The first kappa shape index (κ1) is 18.9. The molecule has 6 nitrogen and oxygen atoms in total. The third kappa shape index (κ3) is 4.79. The second-order valence-electron chi connectivity index (χ2n) is 6.00. The Morgan fingerprint density at radius 3 is 2.36 bits per heavy atom. The lowest BCUT2D eigenvalue weighted by atomic mass is 10.1. The second-order valence-corrected chi connectivity index (χ2v) is 6.80. The van der Waals surface area contributed by atoms with Crippen LogP contribution in [0, 0.1) is 6.92 Å². The molecule has 3 N–H and O–H groups in total. The minimum Gasteiger partial charge on any atom is -0.369 e. The van der Waals surface area contributed by atoms with E-state index < -0.39 is 0 Å². The van der Waals surface area contributed by atoms with Gasteiger partial charge in [0.15, 0.2) is 0 Å². The average Bonchev–Trinajstić information content (AvgIpc) is 2.55. The van der Waals surface area contributed by atoms with E-state index in [0.717, 1.165) is 11.4 Å². The molecule has 2 rings (SSSR count). The smallest absolute Gasteiger partial charge is 0.260 e. The molecule has 0 saturated carbocycles. The SMILES string of the molecule is CSc1nc(C(C)C)nc(C)c1C(=O)Nc1ccc(CC(N)=O)cc1. The van der Waals surface area contributed by atoms with Gasteiger partial charge in [0.1, 0.15) is 10.9 Å². The highest BCUT2D eigenvalue weighted by Crippen LogP contribution is 2.24. The Bertz CT molecular complexity index is 788. The predicted molar refractivity (Wildman–Crippen MR) is 99.9 cm³/mol. The molecule has 0 aliphatic carbocycles. The van der Waals surface area contributed by atoms with E-state index in [9.17, 15) is 9.59 Å². The highest BCUT2D eigenvalue weighted by atomic mass is 32.2. The van der Waals surface area contributed by atoms with Crippen LogP contribution >= 0.6 is 11.8 Å². The normalized spacial score (nSPS) is 10.8. The minimum absolute atomic E-state index is 0.175. The molecule has 0 bridgehead atoms. The van der Waals surface area contributed by atoms with Gasteiger partial charge in [-0.15, -0.1) is 11.8 Å². The summed E-state index contributed by atoms with van der Waals surface area (Å²) in [6, 6.07) is 7.02. The quantitative estimate of drug-likeness (QED) is 0.611. The van der Waals surface area contributed by atoms with Gasteiger partial charge >= 0.3 is 0 Å². The number of primary amides is 1. The fraction of sp³-hybridized carbons (Fsp3) is 0.333. The van der Waals surface area contributed by atoms with Gasteiger partial charge in [0.2, 0.25) is 5.91 Å². The number of carbonyl (C=O) groups excluding carboxylic acids is 2. The highest BCUT2D eigenvalue weighted by Gasteiger charge is 2.19. The van der Waals surface area contributed by atoms with Crippen molar-refractivity contribution in [2.24, 2.45) is 5.73 Å². The number of benzene rings is 1. The summed E-state index contributed by atoms with van der Waals surface area (Å²) in [6.07, 6.45) is 2.07. The van der Waals surface area contributed by atoms with E-state index in [4.69, 9.17) is 5.73 Å². The van der Waals surface area contributed by atoms with Crippen molar-refractivity contribution in [3.8, 4) is 0 Å². The predicted octanol–water partition coefficient (Wildman–Crippen LogP) is 2.91. The van der Waals surface area contributed by atoms with Crippen LogP contribution in [0.4, 0.5) is 5.69 Å². The number of anilines is 1. The summed E-state index contributed by atoms with van der Waals surface area (Å²) in [6.45, 7) is 5.86. The first-order valence-electron chi connectivity index (χ1n) is 7.93. The Balaban J connectivity index is 2.24. The summed E-state index contributed by atoms with van der Waals surface area (Å²) in [5.74, 6) is 0.285. The zero-order valence-electron chi connectivity index (χ0n) is 14.8. The monoisotopic (exact) mass is 358 g/mol. The number of thioether (sulfide) groups is 1. The molecule has 25 heavy (non-hydrogen) atoms. The average molecular weight is 358 g/mol. The molecule has 0 atom stereocenters. The van der Waals surface area contributed by atoms with E-state index >= 15 is 0 Å². The zero-order chi connectivity index (χ0) is 18.6. The van der Waals surface area contributed by atoms with E-state index in [1.165, 1.54) is 11.8 Å². The van der Waals surface area contributed by atoms with Gasteiger partial charge in [0, 0.05) is 11.6 Å². The number of hydrogen-bond donors (Lipinski definition) is 2. The molecule has 0 spiro atoms. The molecule has 0 aliphatic rings. The van der Waals surface area contributed by atoms with Crippen molar-refractivity contribution in [3.63, 3.8) is 0 Å². The summed E-state index contributed by atoms with van der Waals surface area (Å²) in [7, 11) is 0. The number of nitrogens with zero attached hydrogens (tertiary/aromatic N) is 2. The molecule has 1 aromatic heterocycles. The highest BCUT2D eigenvalue weighted by molar-refractivity contribution is 7.98. The molecule has 1 heterocycles. The maximum atomic E-state index is 12.7. The molecule has 0 fully saturated rings. The lowest BCUT2D eigenvalue weighted by Crippen LogP contribution is -2.18. The van der Waals surface area contributed by atoms with Crippen molar-refractivity contribution >= 4 is 29.3 Å². The number of carbonyl (C=O) groups is 2. The number of nitrogens with one attached hydrogen (secondary N) is 1. The second kappa shape index (κ2) is 8.11. The first-order valence-corrected chi connectivity index (χ1v) is 9.15. The number of amides is 2. The van der Waals surface area contributed by atoms with Crippen molar-refractivity contribution < 1.29 is 9.59 Å². The molecular formula is C18H22N4O2S. The van der Waals surface area contributed by atoms with Gasteiger partial charge in [-0.3, -0.25) is 9.59 Å². The molecule has 0 saturated heterocycles. The van der Waals surface area contributed by atoms with Gasteiger partial charge in [0.05, 0.1) is 17.7 Å². The van der Waals surface area contributed by atoms with Gasteiger partial charge in [0.25, 0.3) is 5.91 Å². The van der Waals surface area contributed by atoms with Crippen LogP contribution in [-0.2, 0) is 11.2 Å². The Morgan fingerprint density at radius 2 is 1.84 bits per heavy atom. The van der Waals surface area contributed by atoms with Gasteiger partial charge in [-0.05, 0) is 30.9 Å². The van der Waals surface area contributed by atoms with Crippen LogP contribution in [0.1, 0.15) is 47.2 Å². The maximum Gasteiger partial charge on any atom is 0.260 e. The van der Waals surface area contributed by atoms with Crippen LogP contribution in [0.25, 0.3) is 0 Å². The summed E-state index contributed by atoms with van der Waals surface area (Å²) in [4.78, 5) is 32.6. The summed E-state index contributed by atoms with van der Waals surface area (Å²) in [5, 5.41) is 3.52. The van der Waals surface area contributed by atoms with E-state index in [1.54, 1.807) is 24.3 Å². The largest absolute Gasteiger partial charge is 0.369 e. The summed E-state index contributed by atoms with van der Waals surface area (Å²) < 4.78 is 0. The van der Waals surface area contributed by atoms with Crippen molar-refractivity contribution in [2.45, 2.75) is 38.1 Å². The third-order valence-corrected chi connectivity index (χ3v) is 4.28. The van der Waals surface area contributed by atoms with Crippen LogP contribution in [0.3, 0.4) is 0 Å². The van der Waals surface area contributed by atoms with E-state index in [2.05, 4.69) is 15.3 Å². The van der Waals surface area contributed by atoms with Crippen molar-refractivity contribution in [2.75, 3.05) is 11.6 Å². The number of aryl methyl sites for hydroxylation is 1. The lowest BCUT2D eigenvalue weighted by Gasteiger charge is -2.13. The van der Waals surface area contributed by atoms with Crippen LogP contribution in [0.15, 0.2) is 29.3 Å². The van der Waals surface area contributed by atoms with Gasteiger partial charge in [-0.1, -0.05) is 26.0 Å². The fourth-order valence-corrected chi connectivity index (χ4v) is 2.96. The molecule has 1 aromatic carbocycles. The Hall–Kier alpha value is -2.41. The van der Waals surface area contributed by atoms with Crippen molar-refractivity contribution in [1.82, 2.24) is 9.97 Å². The number of aromatic nitrogens is 2. The molecule has 0 unspecified atom stereocenters. The zero-order valence-corrected chi connectivity index (χ0v) is 15.6. The van der Waals surface area contributed by atoms with E-state index in [1.807, 2.05) is 27.0 Å². The number of rotatable bonds is 6. The van der Waals surface area contributed by atoms with Gasteiger partial charge < -0.3 is 11.1 Å². The molecule has 0 aliphatic heterocycles. The van der Waals surface area contributed by atoms with Crippen molar-refractivity contribution in [1.29, 1.82) is 0 Å². The van der Waals surface area contributed by atoms with E-state index in [-0.39, 0.29) is 24.2 Å². The first-order chi connectivity index (χ1) is 11.8. The maximum absolute atomic E-state index is 12.7. The standard InChI is InChI=1S/C18H22N4O2S/c1-10(2)16-20-11(3)15(18(22-16)25-4)17(24)21-13-7-5-12(6-8-13)9-14(19)23/h5-8,10H,9H2,1-4H3,(H2,19,23)(H,21,24). The molecule has 2 aromatic rings. The molecule has 132 valence electrons. The summed E-state index contributed by atoms with van der Waals surface area (Å²) in [5.41, 5.74) is 7.76. The number of nitrogens with two attached hydrogens (primary N) is 1. The topological polar surface area (TPSA) is 98.0 Å². The number of hydrogen-bond acceptors (Lipinski definition) is 5. The van der Waals surface area contributed by atoms with Crippen LogP contribution < -0.4 is 11.1 Å². The summed E-state index contributed by atoms with van der Waals surface area (Å²) >= 11 is 1.43. The van der Waals surface area contributed by atoms with Crippen LogP contribution in [0.5, 0.6) is 0 Å². The third-order valence-electron chi connectivity index (χ3n) is 3.60. The fourth-order valence-electron chi connectivity index (χ4n) is 2.34. The molecule has 7 heteroatoms. The van der Waals surface area contributed by atoms with Crippen LogP contribution in [-0.4, -0.2) is 28.0 Å². The van der Waals surface area contributed by atoms with E-state index in [0.29, 0.717) is 22.0 Å². The van der Waals surface area contributed by atoms with Gasteiger partial charge in [-0.2, -0.15) is 0 Å². The minimum atomic E-state index is -0.389. The van der Waals surface area contributed by atoms with Gasteiger partial charge in [-0.25, -0.2) is 9.97 Å². The molecule has 0 radical (unpaired) electrons. The Morgan fingerprint density at radius 1 is 1.20 bits per heavy atom. The molecular weight excluding hydrogens is 336 g/mol. The molecule has 2 amide bonds. The lowest BCUT2D eigenvalue weighted by molar-refractivity contribution is -0.117. The van der Waals surface area contributed by atoms with Crippen molar-refractivity contribution in [3.05, 3.63) is 46.9 Å².